The third-order valence-corrected chi connectivity index (χ3v) is 4.27. The van der Waals surface area contributed by atoms with Crippen molar-refractivity contribution in [3.05, 3.63) is 27.2 Å². The highest BCUT2D eigenvalue weighted by atomic mass is 32.1. The van der Waals surface area contributed by atoms with Gasteiger partial charge in [0.15, 0.2) is 0 Å². The van der Waals surface area contributed by atoms with Crippen LogP contribution in [0.3, 0.4) is 0 Å². The lowest BCUT2D eigenvalue weighted by Crippen LogP contribution is -2.23. The van der Waals surface area contributed by atoms with Crippen LogP contribution in [0.1, 0.15) is 34.8 Å². The Morgan fingerprint density at radius 2 is 2.35 bits per heavy atom. The Kier molecular flexibility index (Phi) is 4.58. The van der Waals surface area contributed by atoms with Gasteiger partial charge in [0.1, 0.15) is 0 Å². The fourth-order valence-electron chi connectivity index (χ4n) is 1.68. The van der Waals surface area contributed by atoms with Crippen molar-refractivity contribution in [2.75, 3.05) is 6.54 Å². The fourth-order valence-corrected chi connectivity index (χ4v) is 3.04. The molecule has 1 atom stereocenters. The van der Waals surface area contributed by atoms with E-state index in [-0.39, 0.29) is 0 Å². The zero-order valence-corrected chi connectivity index (χ0v) is 11.6. The van der Waals surface area contributed by atoms with Gasteiger partial charge in [-0.05, 0) is 31.4 Å². The predicted octanol–water partition coefficient (Wildman–Crippen LogP) is 2.59. The van der Waals surface area contributed by atoms with E-state index in [2.05, 4.69) is 26.8 Å². The number of aromatic nitrogens is 3. The van der Waals surface area contributed by atoms with E-state index in [0.717, 1.165) is 25.1 Å². The minimum atomic E-state index is 0.315. The molecule has 0 fully saturated rings. The second-order valence-corrected chi connectivity index (χ2v) is 5.66. The van der Waals surface area contributed by atoms with E-state index in [9.17, 15) is 0 Å². The molecule has 0 aliphatic carbocycles. The van der Waals surface area contributed by atoms with Crippen LogP contribution < -0.4 is 5.32 Å². The van der Waals surface area contributed by atoms with Gasteiger partial charge in [0.25, 0.3) is 0 Å². The molecule has 0 aromatic carbocycles. The Balaban J connectivity index is 2.11. The second-order valence-electron chi connectivity index (χ2n) is 3.90. The van der Waals surface area contributed by atoms with Crippen LogP contribution in [0.5, 0.6) is 0 Å². The fraction of sp³-hybridized carbons (Fsp3) is 0.545. The molecule has 0 aliphatic rings. The van der Waals surface area contributed by atoms with Crippen molar-refractivity contribution in [3.8, 4) is 0 Å². The van der Waals surface area contributed by atoms with Crippen LogP contribution in [0.2, 0.25) is 0 Å². The van der Waals surface area contributed by atoms with Crippen LogP contribution in [0.25, 0.3) is 0 Å². The maximum atomic E-state index is 4.12. The molecule has 0 spiro atoms. The lowest BCUT2D eigenvalue weighted by molar-refractivity contribution is 0.536. The van der Waals surface area contributed by atoms with Gasteiger partial charge in [0.05, 0.1) is 16.1 Å². The van der Waals surface area contributed by atoms with E-state index >= 15 is 0 Å². The minimum absolute atomic E-state index is 0.315. The Bertz CT molecular complexity index is 438. The molecular weight excluding hydrogens is 252 g/mol. The molecule has 0 aliphatic heterocycles. The van der Waals surface area contributed by atoms with Crippen LogP contribution in [-0.2, 0) is 6.42 Å². The van der Waals surface area contributed by atoms with Crippen molar-refractivity contribution in [1.29, 1.82) is 0 Å². The minimum Gasteiger partial charge on any atom is -0.309 e. The summed E-state index contributed by atoms with van der Waals surface area (Å²) < 4.78 is 4.02. The second kappa shape index (κ2) is 6.18. The third-order valence-electron chi connectivity index (χ3n) is 2.53. The lowest BCUT2D eigenvalue weighted by Gasteiger charge is -2.16. The summed E-state index contributed by atoms with van der Waals surface area (Å²) >= 11 is 3.19. The van der Waals surface area contributed by atoms with Crippen LogP contribution in [0.4, 0.5) is 0 Å². The molecular formula is C11H16N4S2. The highest BCUT2D eigenvalue weighted by Gasteiger charge is 2.17. The Labute approximate surface area is 109 Å². The molecule has 1 unspecified atom stereocenters. The van der Waals surface area contributed by atoms with Gasteiger partial charge in [-0.1, -0.05) is 11.4 Å². The molecule has 2 aromatic rings. The van der Waals surface area contributed by atoms with Gasteiger partial charge in [0, 0.05) is 23.5 Å². The molecule has 1 N–H and O–H groups in total. The first-order chi connectivity index (χ1) is 8.31. The highest BCUT2D eigenvalue weighted by molar-refractivity contribution is 7.09. The van der Waals surface area contributed by atoms with Gasteiger partial charge in [-0.2, -0.15) is 0 Å². The molecule has 92 valence electrons. The van der Waals surface area contributed by atoms with E-state index < -0.39 is 0 Å². The normalized spacial score (nSPS) is 12.8. The van der Waals surface area contributed by atoms with Crippen molar-refractivity contribution < 1.29 is 0 Å². The van der Waals surface area contributed by atoms with Crippen molar-refractivity contribution in [1.82, 2.24) is 19.9 Å². The SMILES string of the molecule is CCCNC(Cc1cncs1)c1snnc1C. The lowest BCUT2D eigenvalue weighted by atomic mass is 10.1. The number of nitrogens with zero attached hydrogens (tertiary/aromatic N) is 3. The van der Waals surface area contributed by atoms with Crippen molar-refractivity contribution in [2.45, 2.75) is 32.7 Å². The molecule has 0 bridgehead atoms. The average molecular weight is 268 g/mol. The molecule has 0 saturated carbocycles. The smallest absolute Gasteiger partial charge is 0.0794 e. The molecule has 17 heavy (non-hydrogen) atoms. The number of hydrogen-bond donors (Lipinski definition) is 1. The number of rotatable bonds is 6. The summed E-state index contributed by atoms with van der Waals surface area (Å²) in [6.45, 7) is 5.21. The maximum Gasteiger partial charge on any atom is 0.0794 e. The Morgan fingerprint density at radius 1 is 1.47 bits per heavy atom. The van der Waals surface area contributed by atoms with Gasteiger partial charge < -0.3 is 5.32 Å². The summed E-state index contributed by atoms with van der Waals surface area (Å²) in [5.74, 6) is 0. The van der Waals surface area contributed by atoms with Crippen molar-refractivity contribution in [3.63, 3.8) is 0 Å². The Morgan fingerprint density at radius 3 is 2.94 bits per heavy atom. The molecule has 0 radical (unpaired) electrons. The van der Waals surface area contributed by atoms with E-state index in [1.165, 1.54) is 21.3 Å². The summed E-state index contributed by atoms with van der Waals surface area (Å²) in [7, 11) is 0. The van der Waals surface area contributed by atoms with Crippen molar-refractivity contribution in [2.24, 2.45) is 0 Å². The molecule has 0 saturated heterocycles. The summed E-state index contributed by atoms with van der Waals surface area (Å²) in [6, 6.07) is 0.315. The largest absolute Gasteiger partial charge is 0.309 e. The number of hydrogen-bond acceptors (Lipinski definition) is 6. The molecule has 2 heterocycles. The first-order valence-electron chi connectivity index (χ1n) is 5.71. The van der Waals surface area contributed by atoms with Gasteiger partial charge >= 0.3 is 0 Å². The first kappa shape index (κ1) is 12.6. The van der Waals surface area contributed by atoms with Crippen molar-refractivity contribution >= 4 is 22.9 Å². The summed E-state index contributed by atoms with van der Waals surface area (Å²) in [5, 5.41) is 7.65. The average Bonchev–Trinajstić information content (AvgIpc) is 2.95. The van der Waals surface area contributed by atoms with Crippen LogP contribution in [-0.4, -0.2) is 21.1 Å². The van der Waals surface area contributed by atoms with E-state index in [1.54, 1.807) is 11.3 Å². The van der Waals surface area contributed by atoms with Gasteiger partial charge in [-0.3, -0.25) is 4.98 Å². The molecule has 4 nitrogen and oxygen atoms in total. The molecule has 2 rings (SSSR count). The maximum absolute atomic E-state index is 4.12. The van der Waals surface area contributed by atoms with E-state index in [0.29, 0.717) is 6.04 Å². The molecule has 0 amide bonds. The number of aryl methyl sites for hydroxylation is 1. The predicted molar refractivity (Wildman–Crippen MR) is 71.5 cm³/mol. The number of thiazole rings is 1. The first-order valence-corrected chi connectivity index (χ1v) is 7.36. The third kappa shape index (κ3) is 3.31. The van der Waals surface area contributed by atoms with Crippen LogP contribution in [0, 0.1) is 6.92 Å². The highest BCUT2D eigenvalue weighted by Crippen LogP contribution is 2.24. The number of nitrogens with one attached hydrogen (secondary N) is 1. The molecule has 2 aromatic heterocycles. The van der Waals surface area contributed by atoms with E-state index in [1.807, 2.05) is 18.6 Å². The summed E-state index contributed by atoms with van der Waals surface area (Å²) in [4.78, 5) is 6.66. The molecule has 6 heteroatoms. The summed E-state index contributed by atoms with van der Waals surface area (Å²) in [6.07, 6.45) is 4.04. The van der Waals surface area contributed by atoms with Crippen LogP contribution in [0.15, 0.2) is 11.7 Å². The topological polar surface area (TPSA) is 50.7 Å². The quantitative estimate of drug-likeness (QED) is 0.875. The Hall–Kier alpha value is -0.850. The van der Waals surface area contributed by atoms with Crippen LogP contribution >= 0.6 is 22.9 Å². The monoisotopic (exact) mass is 268 g/mol. The van der Waals surface area contributed by atoms with Gasteiger partial charge in [-0.25, -0.2) is 0 Å². The van der Waals surface area contributed by atoms with E-state index in [4.69, 9.17) is 0 Å². The zero-order valence-electron chi connectivity index (χ0n) is 10.0. The van der Waals surface area contributed by atoms with Gasteiger partial charge in [-0.15, -0.1) is 16.4 Å². The zero-order chi connectivity index (χ0) is 12.1. The summed E-state index contributed by atoms with van der Waals surface area (Å²) in [5.41, 5.74) is 2.91. The van der Waals surface area contributed by atoms with Gasteiger partial charge in [0.2, 0.25) is 0 Å². The standard InChI is InChI=1S/C11H16N4S2/c1-3-4-13-10(5-9-6-12-7-16-9)11-8(2)14-15-17-11/h6-7,10,13H,3-5H2,1-2H3.